The maximum Gasteiger partial charge on any atom is 0.192 e. The molecule has 0 radical (unpaired) electrons. The van der Waals surface area contributed by atoms with Gasteiger partial charge in [-0.25, -0.2) is 0 Å². The summed E-state index contributed by atoms with van der Waals surface area (Å²) < 4.78 is 0. The van der Waals surface area contributed by atoms with Crippen LogP contribution >= 0.6 is 0 Å². The first-order chi connectivity index (χ1) is 9.63. The lowest BCUT2D eigenvalue weighted by atomic mass is 9.68. The van der Waals surface area contributed by atoms with Gasteiger partial charge in [-0.1, -0.05) is 46.0 Å². The number of hydrogen-bond donors (Lipinski definition) is 1. The third-order valence-corrected chi connectivity index (χ3v) is 6.14. The van der Waals surface area contributed by atoms with Crippen LogP contribution in [0, 0.1) is 11.8 Å². The third-order valence-electron chi connectivity index (χ3n) is 6.14. The first kappa shape index (κ1) is 14.2. The van der Waals surface area contributed by atoms with Crippen molar-refractivity contribution in [3.63, 3.8) is 0 Å². The Morgan fingerprint density at radius 3 is 2.45 bits per heavy atom. The minimum absolute atomic E-state index is 0.247. The van der Waals surface area contributed by atoms with E-state index >= 15 is 0 Å². The summed E-state index contributed by atoms with van der Waals surface area (Å²) in [5.41, 5.74) is 6.60. The van der Waals surface area contributed by atoms with Crippen molar-refractivity contribution in [2.75, 3.05) is 6.54 Å². The predicted molar refractivity (Wildman–Crippen MR) is 84.7 cm³/mol. The Morgan fingerprint density at radius 1 is 1.05 bits per heavy atom. The normalized spacial score (nSPS) is 39.9. The molecule has 3 atom stereocenters. The van der Waals surface area contributed by atoms with E-state index in [1.54, 1.807) is 0 Å². The van der Waals surface area contributed by atoms with E-state index in [0.29, 0.717) is 6.04 Å². The van der Waals surface area contributed by atoms with E-state index in [0.717, 1.165) is 24.3 Å². The van der Waals surface area contributed by atoms with Crippen molar-refractivity contribution >= 4 is 5.96 Å². The summed E-state index contributed by atoms with van der Waals surface area (Å²) in [4.78, 5) is 7.30. The molecule has 2 N–H and O–H groups in total. The fourth-order valence-corrected chi connectivity index (χ4v) is 4.93. The van der Waals surface area contributed by atoms with Crippen LogP contribution in [0.15, 0.2) is 4.99 Å². The molecule has 2 saturated carbocycles. The number of guanidine groups is 1. The van der Waals surface area contributed by atoms with E-state index in [4.69, 9.17) is 10.7 Å². The molecule has 0 aromatic heterocycles. The molecule has 3 aliphatic rings. The minimum Gasteiger partial charge on any atom is -0.370 e. The molecule has 3 nitrogen and oxygen atoms in total. The molecule has 2 aliphatic carbocycles. The number of nitrogens with zero attached hydrogens (tertiary/aromatic N) is 2. The summed E-state index contributed by atoms with van der Waals surface area (Å²) in [5, 5.41) is 0. The topological polar surface area (TPSA) is 41.6 Å². The molecule has 1 aliphatic heterocycles. The molecule has 1 spiro atoms. The molecule has 0 aromatic carbocycles. The van der Waals surface area contributed by atoms with E-state index in [9.17, 15) is 0 Å². The third kappa shape index (κ3) is 2.33. The van der Waals surface area contributed by atoms with Gasteiger partial charge in [-0.2, -0.15) is 0 Å². The van der Waals surface area contributed by atoms with Crippen LogP contribution in [-0.4, -0.2) is 29.0 Å². The number of hydrogen-bond acceptors (Lipinski definition) is 3. The molecular formula is C17H31N3. The van der Waals surface area contributed by atoms with E-state index in [2.05, 4.69) is 18.7 Å². The number of aliphatic imine (C=N–C) groups is 1. The molecule has 20 heavy (non-hydrogen) atoms. The second-order valence-electron chi connectivity index (χ2n) is 7.58. The fourth-order valence-electron chi connectivity index (χ4n) is 4.93. The summed E-state index contributed by atoms with van der Waals surface area (Å²) in [6.07, 6.45) is 12.2. The van der Waals surface area contributed by atoms with E-state index in [1.807, 2.05) is 0 Å². The Balaban J connectivity index is 1.86. The van der Waals surface area contributed by atoms with Crippen LogP contribution in [0.25, 0.3) is 0 Å². The lowest BCUT2D eigenvalue weighted by molar-refractivity contribution is 0.0284. The average Bonchev–Trinajstić information content (AvgIpc) is 2.63. The molecule has 3 rings (SSSR count). The van der Waals surface area contributed by atoms with Crippen molar-refractivity contribution in [2.24, 2.45) is 22.6 Å². The molecule has 0 aromatic rings. The van der Waals surface area contributed by atoms with Crippen molar-refractivity contribution < 1.29 is 0 Å². The fraction of sp³-hybridized carbons (Fsp3) is 0.941. The van der Waals surface area contributed by atoms with Gasteiger partial charge in [0.2, 0.25) is 0 Å². The van der Waals surface area contributed by atoms with Crippen molar-refractivity contribution in [3.05, 3.63) is 0 Å². The number of rotatable bonds is 1. The Hall–Kier alpha value is -0.730. The highest BCUT2D eigenvalue weighted by Gasteiger charge is 2.51. The molecule has 114 valence electrons. The first-order valence-electron chi connectivity index (χ1n) is 8.73. The molecule has 0 saturated heterocycles. The zero-order valence-electron chi connectivity index (χ0n) is 13.3. The second-order valence-corrected chi connectivity index (χ2v) is 7.58. The molecule has 3 heteroatoms. The maximum absolute atomic E-state index is 6.35. The van der Waals surface area contributed by atoms with Gasteiger partial charge < -0.3 is 10.6 Å². The van der Waals surface area contributed by atoms with Crippen molar-refractivity contribution in [1.82, 2.24) is 4.90 Å². The van der Waals surface area contributed by atoms with Crippen molar-refractivity contribution in [1.29, 1.82) is 0 Å². The van der Waals surface area contributed by atoms with E-state index < -0.39 is 0 Å². The van der Waals surface area contributed by atoms with Crippen LogP contribution in [0.4, 0.5) is 0 Å². The van der Waals surface area contributed by atoms with E-state index in [1.165, 1.54) is 57.8 Å². The molecule has 1 heterocycles. The molecule has 2 fully saturated rings. The van der Waals surface area contributed by atoms with Crippen LogP contribution < -0.4 is 5.73 Å². The van der Waals surface area contributed by atoms with Gasteiger partial charge in [-0.3, -0.25) is 4.99 Å². The zero-order valence-corrected chi connectivity index (χ0v) is 13.3. The average molecular weight is 277 g/mol. The van der Waals surface area contributed by atoms with Gasteiger partial charge in [-0.15, -0.1) is 0 Å². The Bertz CT molecular complexity index is 370. The summed E-state index contributed by atoms with van der Waals surface area (Å²) in [6.45, 7) is 5.79. The molecular weight excluding hydrogens is 246 g/mol. The Kier molecular flexibility index (Phi) is 3.96. The van der Waals surface area contributed by atoms with Crippen LogP contribution in [0.5, 0.6) is 0 Å². The molecule has 3 unspecified atom stereocenters. The van der Waals surface area contributed by atoms with Gasteiger partial charge in [0, 0.05) is 6.04 Å². The maximum atomic E-state index is 6.35. The predicted octanol–water partition coefficient (Wildman–Crippen LogP) is 3.53. The lowest BCUT2D eigenvalue weighted by Gasteiger charge is -2.51. The van der Waals surface area contributed by atoms with Gasteiger partial charge in [-0.05, 0) is 37.5 Å². The highest BCUT2D eigenvalue weighted by atomic mass is 15.4. The Morgan fingerprint density at radius 2 is 1.75 bits per heavy atom. The van der Waals surface area contributed by atoms with Crippen molar-refractivity contribution in [3.8, 4) is 0 Å². The zero-order chi connectivity index (χ0) is 14.2. The summed E-state index contributed by atoms with van der Waals surface area (Å²) in [5.74, 6) is 2.39. The lowest BCUT2D eigenvalue weighted by Crippen LogP contribution is -2.61. The quantitative estimate of drug-likeness (QED) is 0.745. The summed E-state index contributed by atoms with van der Waals surface area (Å²) in [7, 11) is 0. The van der Waals surface area contributed by atoms with Gasteiger partial charge >= 0.3 is 0 Å². The van der Waals surface area contributed by atoms with Crippen molar-refractivity contribution in [2.45, 2.75) is 83.2 Å². The largest absolute Gasteiger partial charge is 0.370 e. The highest BCUT2D eigenvalue weighted by Crippen LogP contribution is 2.45. The van der Waals surface area contributed by atoms with Crippen LogP contribution in [-0.2, 0) is 0 Å². The van der Waals surface area contributed by atoms with Crippen LogP contribution in [0.3, 0.4) is 0 Å². The van der Waals surface area contributed by atoms with Gasteiger partial charge in [0.1, 0.15) is 0 Å². The second kappa shape index (κ2) is 5.57. The smallest absolute Gasteiger partial charge is 0.192 e. The van der Waals surface area contributed by atoms with Gasteiger partial charge in [0.15, 0.2) is 5.96 Å². The van der Waals surface area contributed by atoms with Gasteiger partial charge in [0.25, 0.3) is 0 Å². The van der Waals surface area contributed by atoms with Gasteiger partial charge in [0.05, 0.1) is 12.1 Å². The standard InChI is InChI=1S/C17H31N3/c1-13-9-10-14(2)17(11-13)12-19-16(18)20(17)15-7-5-3-4-6-8-15/h13-15H,3-12H2,1-2H3,(H2,18,19). The Labute approximate surface area is 124 Å². The highest BCUT2D eigenvalue weighted by molar-refractivity contribution is 5.81. The van der Waals surface area contributed by atoms with Crippen LogP contribution in [0.2, 0.25) is 0 Å². The van der Waals surface area contributed by atoms with Crippen LogP contribution in [0.1, 0.15) is 71.6 Å². The monoisotopic (exact) mass is 277 g/mol. The summed E-state index contributed by atoms with van der Waals surface area (Å²) in [6, 6.07) is 0.650. The number of nitrogens with two attached hydrogens (primary N) is 1. The minimum atomic E-state index is 0.247. The van der Waals surface area contributed by atoms with E-state index in [-0.39, 0.29) is 5.54 Å². The SMILES string of the molecule is CC1CCC(C)C2(CN=C(N)N2C2CCCCCC2)C1. The summed E-state index contributed by atoms with van der Waals surface area (Å²) >= 11 is 0. The first-order valence-corrected chi connectivity index (χ1v) is 8.73. The molecule has 0 amide bonds. The molecule has 0 bridgehead atoms.